The number of anilines is 1. The summed E-state index contributed by atoms with van der Waals surface area (Å²) in [6.07, 6.45) is 5.11. The number of H-pyrrole nitrogens is 1. The van der Waals surface area contributed by atoms with E-state index in [1.165, 1.54) is 0 Å². The Kier molecular flexibility index (Phi) is 8.83. The number of nitrogens with one attached hydrogen (secondary N) is 1. The first-order chi connectivity index (χ1) is 19.4. The molecule has 0 saturated carbocycles. The van der Waals surface area contributed by atoms with E-state index >= 15 is 0 Å². The van der Waals surface area contributed by atoms with Crippen LogP contribution in [0.15, 0.2) is 30.6 Å². The minimum Gasteiger partial charge on any atom is -0.377 e. The number of aromatic amines is 1. The lowest BCUT2D eigenvalue weighted by atomic mass is 9.72. The quantitative estimate of drug-likeness (QED) is 0.353. The van der Waals surface area contributed by atoms with Crippen molar-refractivity contribution in [2.75, 3.05) is 63.7 Å². The number of nitrogens with zero attached hydrogens (tertiary/aromatic N) is 6. The monoisotopic (exact) mass is 567 g/mol. The number of pyridine rings is 2. The Balaban J connectivity index is 1.49. The molecule has 5 heterocycles. The van der Waals surface area contributed by atoms with E-state index in [9.17, 15) is 9.83 Å². The van der Waals surface area contributed by atoms with Crippen molar-refractivity contribution < 1.29 is 18.3 Å². The summed E-state index contributed by atoms with van der Waals surface area (Å²) in [4.78, 5) is 14.3. The van der Waals surface area contributed by atoms with Gasteiger partial charge in [0.1, 0.15) is 17.0 Å². The lowest BCUT2D eigenvalue weighted by Gasteiger charge is -2.39. The first-order valence-corrected chi connectivity index (χ1v) is 15.8. The molecule has 2 saturated heterocycles. The van der Waals surface area contributed by atoms with Gasteiger partial charge in [0.25, 0.3) is 0 Å². The van der Waals surface area contributed by atoms with Gasteiger partial charge in [0.15, 0.2) is 0 Å². The van der Waals surface area contributed by atoms with Crippen molar-refractivity contribution in [1.29, 1.82) is 5.26 Å². The predicted molar refractivity (Wildman–Crippen MR) is 153 cm³/mol. The van der Waals surface area contributed by atoms with Crippen molar-refractivity contribution in [3.8, 4) is 17.5 Å². The molecule has 0 aromatic carbocycles. The van der Waals surface area contributed by atoms with Crippen LogP contribution in [0.2, 0.25) is 0 Å². The van der Waals surface area contributed by atoms with Crippen molar-refractivity contribution in [2.24, 2.45) is 0 Å². The van der Waals surface area contributed by atoms with Gasteiger partial charge in [-0.2, -0.15) is 10.4 Å². The number of ether oxygens (including phenoxy) is 1. The highest BCUT2D eigenvalue weighted by atomic mass is 31.2. The molecule has 3 aromatic rings. The number of likely N-dealkylation sites (tertiary alicyclic amines) is 1. The average Bonchev–Trinajstić information content (AvgIpc) is 3.51. The van der Waals surface area contributed by atoms with E-state index < -0.39 is 13.0 Å². The van der Waals surface area contributed by atoms with Crippen LogP contribution in [0, 0.1) is 11.3 Å². The number of nitriles is 1. The van der Waals surface area contributed by atoms with Crippen molar-refractivity contribution >= 4 is 24.3 Å². The van der Waals surface area contributed by atoms with Gasteiger partial charge in [-0.15, -0.1) is 0 Å². The number of hydrogen-bond acceptors (Lipinski definition) is 10. The molecule has 11 nitrogen and oxygen atoms in total. The van der Waals surface area contributed by atoms with Gasteiger partial charge in [-0.3, -0.25) is 14.6 Å². The lowest BCUT2D eigenvalue weighted by Crippen LogP contribution is -2.45. The van der Waals surface area contributed by atoms with Crippen molar-refractivity contribution in [1.82, 2.24) is 25.1 Å². The van der Waals surface area contributed by atoms with Crippen molar-refractivity contribution in [3.63, 3.8) is 0 Å². The van der Waals surface area contributed by atoms with Crippen LogP contribution in [0.3, 0.4) is 0 Å². The van der Waals surface area contributed by atoms with Crippen LogP contribution >= 0.6 is 7.60 Å². The molecule has 0 aliphatic carbocycles. The number of hydrogen-bond donors (Lipinski definition) is 1. The Bertz CT molecular complexity index is 1380. The van der Waals surface area contributed by atoms with Crippen LogP contribution in [0.1, 0.15) is 39.2 Å². The minimum atomic E-state index is -3.12. The zero-order valence-corrected chi connectivity index (χ0v) is 24.4. The molecule has 0 amide bonds. The van der Waals surface area contributed by atoms with E-state index in [0.717, 1.165) is 34.5 Å². The maximum Gasteiger partial charge on any atom is 0.331 e. The standard InChI is InChI=1S/C28H38N7O4P/c1-4-38-40(36,39-5-2)17-15-34-12-8-28(20-29,9-13-34)23-18-25(35-14-16-37-19-21(35)3)32-26-22(23)6-10-30-27(26)24-7-11-31-33-24/h6-7,10-11,18,21H,4-5,8-9,12-17,19H2,1-3H3,(H,31,33)/t21-/m1/s1. The van der Waals surface area contributed by atoms with Crippen LogP contribution in [0.4, 0.5) is 5.82 Å². The highest BCUT2D eigenvalue weighted by molar-refractivity contribution is 7.53. The minimum absolute atomic E-state index is 0.157. The molecule has 2 aliphatic rings. The van der Waals surface area contributed by atoms with Gasteiger partial charge in [0.2, 0.25) is 0 Å². The topological polar surface area (TPSA) is 129 Å². The third-order valence-electron chi connectivity index (χ3n) is 7.91. The fourth-order valence-electron chi connectivity index (χ4n) is 5.76. The van der Waals surface area contributed by atoms with Crippen LogP contribution in [-0.2, 0) is 23.8 Å². The largest absolute Gasteiger partial charge is 0.377 e. The molecule has 3 aromatic heterocycles. The molecule has 1 atom stereocenters. The summed E-state index contributed by atoms with van der Waals surface area (Å²) in [5.74, 6) is 0.832. The highest BCUT2D eigenvalue weighted by Crippen LogP contribution is 2.48. The summed E-state index contributed by atoms with van der Waals surface area (Å²) in [5, 5.41) is 18.8. The van der Waals surface area contributed by atoms with Gasteiger partial charge in [-0.05, 0) is 57.4 Å². The fraction of sp³-hybridized carbons (Fsp3) is 0.571. The van der Waals surface area contributed by atoms with Gasteiger partial charge in [-0.1, -0.05) is 0 Å². The molecule has 0 radical (unpaired) electrons. The van der Waals surface area contributed by atoms with E-state index in [0.29, 0.717) is 70.8 Å². The summed E-state index contributed by atoms with van der Waals surface area (Å²) < 4.78 is 29.6. The summed E-state index contributed by atoms with van der Waals surface area (Å²) in [5.41, 5.74) is 2.53. The maximum atomic E-state index is 13.0. The third kappa shape index (κ3) is 5.78. The second-order valence-electron chi connectivity index (χ2n) is 10.4. The Morgan fingerprint density at radius 3 is 2.62 bits per heavy atom. The Morgan fingerprint density at radius 2 is 1.98 bits per heavy atom. The highest BCUT2D eigenvalue weighted by Gasteiger charge is 2.39. The molecule has 40 heavy (non-hydrogen) atoms. The van der Waals surface area contributed by atoms with Crippen LogP contribution < -0.4 is 4.90 Å². The third-order valence-corrected chi connectivity index (χ3v) is 9.96. The summed E-state index contributed by atoms with van der Waals surface area (Å²) in [6.45, 7) is 10.5. The first kappa shape index (κ1) is 28.7. The molecule has 0 bridgehead atoms. The SMILES string of the molecule is CCOP(=O)(CCN1CCC(C#N)(c2cc(N3CCOC[C@H]3C)nc3c(-c4ccn[nH]4)nccc23)CC1)OCC. The van der Waals surface area contributed by atoms with Crippen molar-refractivity contribution in [2.45, 2.75) is 45.1 Å². The molecule has 12 heteroatoms. The molecule has 214 valence electrons. The van der Waals surface area contributed by atoms with Gasteiger partial charge in [-0.25, -0.2) is 4.98 Å². The van der Waals surface area contributed by atoms with E-state index in [4.69, 9.17) is 18.8 Å². The summed E-state index contributed by atoms with van der Waals surface area (Å²) in [7, 11) is -3.12. The van der Waals surface area contributed by atoms with E-state index in [1.807, 2.05) is 26.0 Å². The second-order valence-corrected chi connectivity index (χ2v) is 12.6. The number of fused-ring (bicyclic) bond motifs is 1. The lowest BCUT2D eigenvalue weighted by molar-refractivity contribution is 0.0985. The summed E-state index contributed by atoms with van der Waals surface area (Å²) in [6, 6.07) is 8.83. The van der Waals surface area contributed by atoms with E-state index in [2.05, 4.69) is 44.0 Å². The average molecular weight is 568 g/mol. The molecular weight excluding hydrogens is 529 g/mol. The fourth-order valence-corrected chi connectivity index (χ4v) is 7.40. The molecule has 0 unspecified atom stereocenters. The second kappa shape index (κ2) is 12.3. The summed E-state index contributed by atoms with van der Waals surface area (Å²) >= 11 is 0. The number of rotatable bonds is 10. The van der Waals surface area contributed by atoms with Gasteiger partial charge >= 0.3 is 7.60 Å². The molecule has 0 spiro atoms. The first-order valence-electron chi connectivity index (χ1n) is 14.1. The maximum absolute atomic E-state index is 13.0. The zero-order valence-electron chi connectivity index (χ0n) is 23.5. The van der Waals surface area contributed by atoms with Gasteiger partial charge in [0, 0.05) is 44.0 Å². The molecule has 2 fully saturated rings. The number of morpholine rings is 1. The molecule has 2 aliphatic heterocycles. The number of piperidine rings is 1. The zero-order chi connectivity index (χ0) is 28.2. The Labute approximate surface area is 235 Å². The Morgan fingerprint density at radius 1 is 1.20 bits per heavy atom. The Hall–Kier alpha value is -2.87. The van der Waals surface area contributed by atoms with Gasteiger partial charge < -0.3 is 23.6 Å². The van der Waals surface area contributed by atoms with E-state index in [1.54, 1.807) is 12.4 Å². The molecular formula is C28H38N7O4P. The smallest absolute Gasteiger partial charge is 0.331 e. The van der Waals surface area contributed by atoms with Crippen molar-refractivity contribution in [3.05, 3.63) is 36.2 Å². The van der Waals surface area contributed by atoms with E-state index in [-0.39, 0.29) is 6.04 Å². The van der Waals surface area contributed by atoms with Crippen LogP contribution in [0.5, 0.6) is 0 Å². The number of aromatic nitrogens is 4. The predicted octanol–water partition coefficient (Wildman–Crippen LogP) is 4.37. The van der Waals surface area contributed by atoms with Gasteiger partial charge in [0.05, 0.1) is 55.8 Å². The molecule has 5 rings (SSSR count). The van der Waals surface area contributed by atoms with Crippen LogP contribution in [-0.4, -0.2) is 89.9 Å². The normalized spacial score (nSPS) is 20.1. The molecule has 1 N–H and O–H groups in total. The van der Waals surface area contributed by atoms with Crippen LogP contribution in [0.25, 0.3) is 22.3 Å².